The van der Waals surface area contributed by atoms with Gasteiger partial charge in [0.1, 0.15) is 0 Å². The van der Waals surface area contributed by atoms with Crippen LogP contribution in [0.3, 0.4) is 0 Å². The predicted octanol–water partition coefficient (Wildman–Crippen LogP) is 4.10. The number of guanidine groups is 1. The minimum Gasteiger partial charge on any atom is -0.357 e. The van der Waals surface area contributed by atoms with Crippen LogP contribution in [0.15, 0.2) is 33.8 Å². The zero-order valence-electron chi connectivity index (χ0n) is 15.7. The number of aromatic nitrogens is 2. The van der Waals surface area contributed by atoms with Crippen molar-refractivity contribution in [1.82, 2.24) is 20.4 Å². The van der Waals surface area contributed by atoms with Crippen molar-refractivity contribution in [2.24, 2.45) is 4.99 Å². The fraction of sp³-hybridized carbons (Fsp3) is 0.500. The fourth-order valence-corrected chi connectivity index (χ4v) is 2.40. The molecule has 0 fully saturated rings. The first-order chi connectivity index (χ1) is 12.0. The van der Waals surface area contributed by atoms with Crippen molar-refractivity contribution in [3.63, 3.8) is 0 Å². The number of hydrogen-bond acceptors (Lipinski definition) is 4. The standard InChI is InChI=1S/C18H26ClN5O.HI/c1-5-20-18(24(4)12-14-6-8-15(19)9-7-14)21-11-10-16-22-17(13(2)3)23-25-16;/h6-9,13H,5,10-12H2,1-4H3,(H,20,21);1H. The van der Waals surface area contributed by atoms with E-state index in [-0.39, 0.29) is 29.9 Å². The van der Waals surface area contributed by atoms with Crippen LogP contribution >= 0.6 is 35.6 Å². The molecule has 0 unspecified atom stereocenters. The maximum atomic E-state index is 5.94. The molecule has 0 amide bonds. The van der Waals surface area contributed by atoms with Crippen LogP contribution in [-0.2, 0) is 13.0 Å². The molecule has 144 valence electrons. The maximum absolute atomic E-state index is 5.94. The van der Waals surface area contributed by atoms with E-state index in [1.807, 2.05) is 45.2 Å². The van der Waals surface area contributed by atoms with E-state index in [0.29, 0.717) is 18.9 Å². The first-order valence-corrected chi connectivity index (χ1v) is 8.93. The number of nitrogens with zero attached hydrogens (tertiary/aromatic N) is 4. The third-order valence-corrected chi connectivity index (χ3v) is 3.87. The van der Waals surface area contributed by atoms with Crippen LogP contribution in [0.25, 0.3) is 0 Å². The van der Waals surface area contributed by atoms with Crippen molar-refractivity contribution in [3.05, 3.63) is 46.6 Å². The van der Waals surface area contributed by atoms with Crippen molar-refractivity contribution >= 4 is 41.5 Å². The average Bonchev–Trinajstić information content (AvgIpc) is 3.05. The Labute approximate surface area is 177 Å². The molecule has 6 nitrogen and oxygen atoms in total. The lowest BCUT2D eigenvalue weighted by Gasteiger charge is -2.22. The van der Waals surface area contributed by atoms with Crippen LogP contribution in [0.4, 0.5) is 0 Å². The van der Waals surface area contributed by atoms with Gasteiger partial charge in [-0.25, -0.2) is 0 Å². The molecule has 0 aliphatic heterocycles. The molecule has 2 aromatic rings. The molecule has 0 saturated carbocycles. The van der Waals surface area contributed by atoms with E-state index in [0.717, 1.165) is 29.9 Å². The summed E-state index contributed by atoms with van der Waals surface area (Å²) in [5.41, 5.74) is 1.18. The van der Waals surface area contributed by atoms with Gasteiger partial charge >= 0.3 is 0 Å². The van der Waals surface area contributed by atoms with Crippen LogP contribution in [0.1, 0.15) is 44.0 Å². The van der Waals surface area contributed by atoms with Crippen molar-refractivity contribution in [1.29, 1.82) is 0 Å². The smallest absolute Gasteiger partial charge is 0.228 e. The Balaban J connectivity index is 0.00000338. The lowest BCUT2D eigenvalue weighted by atomic mass is 10.2. The molecule has 0 atom stereocenters. The van der Waals surface area contributed by atoms with Crippen LogP contribution in [0, 0.1) is 0 Å². The summed E-state index contributed by atoms with van der Waals surface area (Å²) < 4.78 is 5.26. The van der Waals surface area contributed by atoms with E-state index >= 15 is 0 Å². The topological polar surface area (TPSA) is 66.5 Å². The minimum absolute atomic E-state index is 0. The van der Waals surface area contributed by atoms with Gasteiger partial charge in [0.15, 0.2) is 11.8 Å². The Morgan fingerprint density at radius 2 is 2.00 bits per heavy atom. The van der Waals surface area contributed by atoms with Crippen LogP contribution in [-0.4, -0.2) is 41.1 Å². The summed E-state index contributed by atoms with van der Waals surface area (Å²) in [6, 6.07) is 7.84. The normalized spacial score (nSPS) is 11.4. The fourth-order valence-electron chi connectivity index (χ4n) is 2.27. The van der Waals surface area contributed by atoms with Crippen molar-refractivity contribution < 1.29 is 4.52 Å². The summed E-state index contributed by atoms with van der Waals surface area (Å²) in [5.74, 6) is 2.49. The van der Waals surface area contributed by atoms with Gasteiger partial charge in [-0.15, -0.1) is 24.0 Å². The van der Waals surface area contributed by atoms with E-state index < -0.39 is 0 Å². The largest absolute Gasteiger partial charge is 0.357 e. The highest BCUT2D eigenvalue weighted by Gasteiger charge is 2.10. The number of benzene rings is 1. The number of halogens is 2. The molecule has 1 aromatic carbocycles. The van der Waals surface area contributed by atoms with Crippen molar-refractivity contribution in [2.75, 3.05) is 20.1 Å². The Bertz CT molecular complexity index is 687. The number of aliphatic imine (C=N–C) groups is 1. The molecule has 1 aromatic heterocycles. The molecule has 0 aliphatic carbocycles. The van der Waals surface area contributed by atoms with Gasteiger partial charge in [-0.05, 0) is 24.6 Å². The third kappa shape index (κ3) is 7.11. The summed E-state index contributed by atoms with van der Waals surface area (Å²) in [7, 11) is 2.01. The lowest BCUT2D eigenvalue weighted by molar-refractivity contribution is 0.372. The second-order valence-corrected chi connectivity index (χ2v) is 6.61. The lowest BCUT2D eigenvalue weighted by Crippen LogP contribution is -2.38. The van der Waals surface area contributed by atoms with Gasteiger partial charge in [0.05, 0.1) is 6.54 Å². The van der Waals surface area contributed by atoms with Gasteiger partial charge < -0.3 is 14.7 Å². The van der Waals surface area contributed by atoms with Crippen molar-refractivity contribution in [2.45, 2.75) is 39.7 Å². The molecule has 1 N–H and O–H groups in total. The van der Waals surface area contributed by atoms with Crippen molar-refractivity contribution in [3.8, 4) is 0 Å². The van der Waals surface area contributed by atoms with E-state index in [2.05, 4.69) is 32.3 Å². The van der Waals surface area contributed by atoms with Gasteiger partial charge in [-0.3, -0.25) is 4.99 Å². The first kappa shape index (κ1) is 22.7. The Kier molecular flexibility index (Phi) is 9.93. The quantitative estimate of drug-likeness (QED) is 0.359. The molecule has 26 heavy (non-hydrogen) atoms. The predicted molar refractivity (Wildman–Crippen MR) is 116 cm³/mol. The highest BCUT2D eigenvalue weighted by Crippen LogP contribution is 2.12. The number of hydrogen-bond donors (Lipinski definition) is 1. The zero-order chi connectivity index (χ0) is 18.2. The molecule has 1 heterocycles. The van der Waals surface area contributed by atoms with Gasteiger partial charge in [0.25, 0.3) is 0 Å². The molecular formula is C18H27ClIN5O. The summed E-state index contributed by atoms with van der Waals surface area (Å²) in [4.78, 5) is 11.1. The summed E-state index contributed by atoms with van der Waals surface area (Å²) in [6.45, 7) is 8.29. The zero-order valence-corrected chi connectivity index (χ0v) is 18.8. The first-order valence-electron chi connectivity index (χ1n) is 8.56. The molecular weight excluding hydrogens is 465 g/mol. The van der Waals surface area contributed by atoms with E-state index in [4.69, 9.17) is 16.1 Å². The Hall–Kier alpha value is -1.35. The van der Waals surface area contributed by atoms with E-state index in [1.54, 1.807) is 0 Å². The van der Waals surface area contributed by atoms with Crippen LogP contribution in [0.5, 0.6) is 0 Å². The molecule has 0 bridgehead atoms. The van der Waals surface area contributed by atoms with Gasteiger partial charge in [-0.2, -0.15) is 4.98 Å². The molecule has 0 saturated heterocycles. The van der Waals surface area contributed by atoms with E-state index in [1.165, 1.54) is 5.56 Å². The maximum Gasteiger partial charge on any atom is 0.228 e. The molecule has 2 rings (SSSR count). The van der Waals surface area contributed by atoms with Gasteiger partial charge in [-0.1, -0.05) is 42.7 Å². The average molecular weight is 492 g/mol. The second kappa shape index (κ2) is 11.4. The molecule has 0 aliphatic rings. The monoisotopic (exact) mass is 491 g/mol. The highest BCUT2D eigenvalue weighted by atomic mass is 127. The summed E-state index contributed by atoms with van der Waals surface area (Å²) >= 11 is 5.94. The summed E-state index contributed by atoms with van der Waals surface area (Å²) in [5, 5.41) is 8.03. The Morgan fingerprint density at radius 3 is 2.58 bits per heavy atom. The number of nitrogens with one attached hydrogen (secondary N) is 1. The van der Waals surface area contributed by atoms with Crippen LogP contribution < -0.4 is 5.32 Å². The molecule has 0 radical (unpaired) electrons. The van der Waals surface area contributed by atoms with Gasteiger partial charge in [0.2, 0.25) is 5.89 Å². The summed E-state index contributed by atoms with van der Waals surface area (Å²) in [6.07, 6.45) is 0.628. The second-order valence-electron chi connectivity index (χ2n) is 6.17. The SMILES string of the molecule is CCNC(=NCCc1nc(C(C)C)no1)N(C)Cc1ccc(Cl)cc1.I. The third-order valence-electron chi connectivity index (χ3n) is 3.62. The highest BCUT2D eigenvalue weighted by molar-refractivity contribution is 14.0. The Morgan fingerprint density at radius 1 is 1.31 bits per heavy atom. The minimum atomic E-state index is 0. The van der Waals surface area contributed by atoms with Gasteiger partial charge in [0, 0.05) is 37.5 Å². The van der Waals surface area contributed by atoms with Crippen LogP contribution in [0.2, 0.25) is 5.02 Å². The number of rotatable bonds is 7. The molecule has 0 spiro atoms. The van der Waals surface area contributed by atoms with E-state index in [9.17, 15) is 0 Å². The molecule has 8 heteroatoms.